The number of hydrogen-bond donors (Lipinski definition) is 0. The Labute approximate surface area is 172 Å². The Balaban J connectivity index is 1.99. The molecule has 2 atom stereocenters. The van der Waals surface area contributed by atoms with Crippen LogP contribution in [0.2, 0.25) is 0 Å². The number of aliphatic imine (C=N–C) groups is 1. The molecule has 1 aromatic carbocycles. The molecule has 6 heteroatoms. The lowest BCUT2D eigenvalue weighted by molar-refractivity contribution is -0.161. The fourth-order valence-corrected chi connectivity index (χ4v) is 4.03. The number of hydrogen-bond acceptors (Lipinski definition) is 5. The van der Waals surface area contributed by atoms with Gasteiger partial charge in [0.2, 0.25) is 6.04 Å². The molecule has 0 fully saturated rings. The van der Waals surface area contributed by atoms with E-state index in [0.717, 1.165) is 16.8 Å². The zero-order valence-corrected chi connectivity index (χ0v) is 18.2. The van der Waals surface area contributed by atoms with Gasteiger partial charge in [0.15, 0.2) is 5.69 Å². The molecule has 2 heterocycles. The van der Waals surface area contributed by atoms with Gasteiger partial charge in [0, 0.05) is 18.2 Å². The Kier molecular flexibility index (Phi) is 5.43. The molecule has 2 aliphatic rings. The second-order valence-corrected chi connectivity index (χ2v) is 9.68. The van der Waals surface area contributed by atoms with Crippen LogP contribution in [0.15, 0.2) is 35.6 Å². The van der Waals surface area contributed by atoms with Gasteiger partial charge < -0.3 is 9.47 Å². The third-order valence-electron chi connectivity index (χ3n) is 4.95. The number of rotatable bonds is 4. The molecule has 0 aliphatic carbocycles. The third kappa shape index (κ3) is 4.58. The second kappa shape index (κ2) is 7.41. The Bertz CT molecular complexity index is 874. The molecule has 0 saturated heterocycles. The minimum absolute atomic E-state index is 0.189. The normalized spacial score (nSPS) is 22.8. The zero-order chi connectivity index (χ0) is 21.4. The summed E-state index contributed by atoms with van der Waals surface area (Å²) in [7, 11) is 0. The standard InChI is InChI=1S/C23H31N2O4/c1-22(2,3)28-19(26)10-12-25-13-11-24-15-17-9-7-8-16(20(17)25)14-18(25)21(27)29-23(4,5)6/h7-9,11,13,15,18H,10,12,14H2,1-6H3/q+1/t18?,25-/m0/s1. The van der Waals surface area contributed by atoms with Crippen molar-refractivity contribution in [3.8, 4) is 0 Å². The topological polar surface area (TPSA) is 65.0 Å². The number of carbonyl (C=O) groups excluding carboxylic acids is 2. The van der Waals surface area contributed by atoms with Crippen LogP contribution in [-0.4, -0.2) is 41.9 Å². The molecule has 2 aliphatic heterocycles. The first-order valence-corrected chi connectivity index (χ1v) is 10.1. The van der Waals surface area contributed by atoms with Crippen LogP contribution < -0.4 is 4.48 Å². The van der Waals surface area contributed by atoms with Crippen molar-refractivity contribution in [1.29, 1.82) is 0 Å². The Hall–Kier alpha value is -2.47. The van der Waals surface area contributed by atoms with Crippen molar-refractivity contribution in [2.24, 2.45) is 4.99 Å². The van der Waals surface area contributed by atoms with Crippen molar-refractivity contribution >= 4 is 23.8 Å². The lowest BCUT2D eigenvalue weighted by atomic mass is 10.1. The van der Waals surface area contributed by atoms with E-state index in [1.165, 1.54) is 0 Å². The highest BCUT2D eigenvalue weighted by molar-refractivity contribution is 5.94. The highest BCUT2D eigenvalue weighted by Gasteiger charge is 2.52. The van der Waals surface area contributed by atoms with Crippen molar-refractivity contribution in [1.82, 2.24) is 4.48 Å². The van der Waals surface area contributed by atoms with E-state index >= 15 is 0 Å². The zero-order valence-electron chi connectivity index (χ0n) is 18.2. The van der Waals surface area contributed by atoms with E-state index in [2.05, 4.69) is 4.99 Å². The van der Waals surface area contributed by atoms with E-state index in [1.54, 1.807) is 12.4 Å². The van der Waals surface area contributed by atoms with Gasteiger partial charge in [0.25, 0.3) is 0 Å². The van der Waals surface area contributed by atoms with Gasteiger partial charge in [-0.25, -0.2) is 4.79 Å². The summed E-state index contributed by atoms with van der Waals surface area (Å²) in [6.45, 7) is 11.6. The third-order valence-corrected chi connectivity index (χ3v) is 4.95. The van der Waals surface area contributed by atoms with E-state index in [0.29, 0.717) is 13.0 Å². The van der Waals surface area contributed by atoms with Crippen LogP contribution >= 0.6 is 0 Å². The van der Waals surface area contributed by atoms with Gasteiger partial charge >= 0.3 is 11.9 Å². The first kappa shape index (κ1) is 21.2. The number of nitrogens with zero attached hydrogens (tertiary/aromatic N) is 2. The maximum absolute atomic E-state index is 13.2. The van der Waals surface area contributed by atoms with Crippen LogP contribution in [0.4, 0.5) is 5.69 Å². The van der Waals surface area contributed by atoms with Crippen LogP contribution in [0.3, 0.4) is 0 Å². The number of ether oxygens (including phenoxy) is 2. The molecule has 0 saturated carbocycles. The van der Waals surface area contributed by atoms with Crippen LogP contribution in [0.5, 0.6) is 0 Å². The van der Waals surface area contributed by atoms with Crippen LogP contribution in [-0.2, 0) is 25.5 Å². The average molecular weight is 400 g/mol. The summed E-state index contributed by atoms with van der Waals surface area (Å²) < 4.78 is 11.5. The fraction of sp³-hybridized carbons (Fsp3) is 0.522. The molecule has 29 heavy (non-hydrogen) atoms. The molecule has 0 spiro atoms. The molecule has 156 valence electrons. The van der Waals surface area contributed by atoms with Gasteiger partial charge in [0.1, 0.15) is 17.4 Å². The molecule has 0 N–H and O–H groups in total. The molecule has 3 rings (SSSR count). The van der Waals surface area contributed by atoms with Crippen molar-refractivity contribution in [3.63, 3.8) is 0 Å². The predicted octanol–water partition coefficient (Wildman–Crippen LogP) is 3.90. The molecule has 1 unspecified atom stereocenters. The minimum Gasteiger partial charge on any atom is -0.460 e. The van der Waals surface area contributed by atoms with E-state index < -0.39 is 17.2 Å². The second-order valence-electron chi connectivity index (χ2n) is 9.68. The lowest BCUT2D eigenvalue weighted by Gasteiger charge is -2.36. The molecule has 1 aromatic rings. The van der Waals surface area contributed by atoms with Gasteiger partial charge in [-0.15, -0.1) is 0 Å². The summed E-state index contributed by atoms with van der Waals surface area (Å²) in [6, 6.07) is 5.54. The SMILES string of the molecule is CC(C)(C)OC(=O)CC[N@@+]12C=CN=Cc3cccc(c31)CC2C(=O)OC(C)(C)C. The highest BCUT2D eigenvalue weighted by Crippen LogP contribution is 2.44. The maximum atomic E-state index is 13.2. The van der Waals surface area contributed by atoms with E-state index in [9.17, 15) is 9.59 Å². The van der Waals surface area contributed by atoms with Crippen molar-refractivity contribution in [3.05, 3.63) is 41.7 Å². The smallest absolute Gasteiger partial charge is 0.366 e. The fourth-order valence-electron chi connectivity index (χ4n) is 4.03. The van der Waals surface area contributed by atoms with Crippen LogP contribution in [0, 0.1) is 0 Å². The summed E-state index contributed by atoms with van der Waals surface area (Å²) in [5, 5.41) is 0. The first-order valence-electron chi connectivity index (χ1n) is 10.1. The monoisotopic (exact) mass is 399 g/mol. The van der Waals surface area contributed by atoms with Gasteiger partial charge in [-0.05, 0) is 47.6 Å². The lowest BCUT2D eigenvalue weighted by Crippen LogP contribution is -2.56. The molecule has 0 bridgehead atoms. The van der Waals surface area contributed by atoms with Gasteiger partial charge in [0.05, 0.1) is 24.7 Å². The Morgan fingerprint density at radius 2 is 1.79 bits per heavy atom. The van der Waals surface area contributed by atoms with Crippen molar-refractivity contribution < 1.29 is 19.1 Å². The van der Waals surface area contributed by atoms with Gasteiger partial charge in [-0.3, -0.25) is 14.3 Å². The van der Waals surface area contributed by atoms with Gasteiger partial charge in [-0.2, -0.15) is 0 Å². The van der Waals surface area contributed by atoms with Crippen LogP contribution in [0.25, 0.3) is 0 Å². The Morgan fingerprint density at radius 3 is 2.45 bits per heavy atom. The molecule has 0 aromatic heterocycles. The first-order chi connectivity index (χ1) is 13.4. The summed E-state index contributed by atoms with van der Waals surface area (Å²) in [5.74, 6) is -0.548. The van der Waals surface area contributed by atoms with Crippen LogP contribution in [0.1, 0.15) is 59.1 Å². The van der Waals surface area contributed by atoms with E-state index in [4.69, 9.17) is 9.47 Å². The number of para-hydroxylation sites is 1. The molecule has 0 radical (unpaired) electrons. The molecular formula is C23H31N2O4+. The number of esters is 2. The number of benzene rings is 1. The minimum atomic E-state index is -0.587. The number of quaternary nitrogens is 1. The summed E-state index contributed by atoms with van der Waals surface area (Å²) in [4.78, 5) is 30.0. The molecular weight excluding hydrogens is 368 g/mol. The quantitative estimate of drug-likeness (QED) is 0.569. The highest BCUT2D eigenvalue weighted by atomic mass is 16.6. The Morgan fingerprint density at radius 1 is 1.10 bits per heavy atom. The maximum Gasteiger partial charge on any atom is 0.366 e. The predicted molar refractivity (Wildman–Crippen MR) is 114 cm³/mol. The van der Waals surface area contributed by atoms with Crippen molar-refractivity contribution in [2.45, 2.75) is 71.6 Å². The summed E-state index contributed by atoms with van der Waals surface area (Å²) in [5.41, 5.74) is 1.93. The van der Waals surface area contributed by atoms with Crippen molar-refractivity contribution in [2.75, 3.05) is 6.54 Å². The summed E-state index contributed by atoms with van der Waals surface area (Å²) in [6.07, 6.45) is 6.18. The largest absolute Gasteiger partial charge is 0.460 e. The molecule has 6 nitrogen and oxygen atoms in total. The number of carbonyl (C=O) groups is 2. The summed E-state index contributed by atoms with van der Waals surface area (Å²) >= 11 is 0. The van der Waals surface area contributed by atoms with Gasteiger partial charge in [-0.1, -0.05) is 12.1 Å². The van der Waals surface area contributed by atoms with E-state index in [-0.39, 0.29) is 22.8 Å². The molecule has 0 amide bonds. The average Bonchev–Trinajstić information content (AvgIpc) is 2.77. The van der Waals surface area contributed by atoms with E-state index in [1.807, 2.05) is 65.9 Å².